The Hall–Kier alpha value is -2.49. The molecule has 0 saturated carbocycles. The molecule has 4 nitrogen and oxygen atoms in total. The van der Waals surface area contributed by atoms with Crippen LogP contribution in [-0.4, -0.2) is 4.57 Å². The molecule has 3 rings (SSSR count). The summed E-state index contributed by atoms with van der Waals surface area (Å²) in [5.74, 6) is -0.379. The van der Waals surface area contributed by atoms with Crippen molar-refractivity contribution in [2.45, 2.75) is 13.5 Å². The summed E-state index contributed by atoms with van der Waals surface area (Å²) >= 11 is 0. The molecule has 0 spiro atoms. The summed E-state index contributed by atoms with van der Waals surface area (Å²) in [7, 11) is 0. The molecule has 1 aromatic heterocycles. The van der Waals surface area contributed by atoms with Gasteiger partial charge in [0.1, 0.15) is 5.52 Å². The van der Waals surface area contributed by atoms with E-state index < -0.39 is 0 Å². The van der Waals surface area contributed by atoms with Crippen LogP contribution in [0.5, 0.6) is 0 Å². The predicted molar refractivity (Wildman–Crippen MR) is 75.2 cm³/mol. The normalized spacial score (nSPS) is 11.0. The summed E-state index contributed by atoms with van der Waals surface area (Å²) in [6.45, 7) is 2.48. The average Bonchev–Trinajstić information content (AvgIpc) is 2.70. The van der Waals surface area contributed by atoms with E-state index in [0.717, 1.165) is 11.1 Å². The van der Waals surface area contributed by atoms with Crippen LogP contribution in [0.15, 0.2) is 51.7 Å². The number of nitrogens with zero attached hydrogens (tertiary/aromatic N) is 1. The number of aromatic nitrogens is 1. The third-order valence-corrected chi connectivity index (χ3v) is 3.31. The quantitative estimate of drug-likeness (QED) is 0.715. The molecule has 0 fully saturated rings. The van der Waals surface area contributed by atoms with Gasteiger partial charge in [-0.05, 0) is 30.2 Å². The zero-order valence-corrected chi connectivity index (χ0v) is 10.6. The van der Waals surface area contributed by atoms with E-state index in [-0.39, 0.29) is 5.76 Å². The zero-order chi connectivity index (χ0) is 13.4. The molecule has 0 amide bonds. The number of oxazole rings is 1. The third kappa shape index (κ3) is 1.91. The fraction of sp³-hybridized carbons (Fsp3) is 0.133. The summed E-state index contributed by atoms with van der Waals surface area (Å²) in [4.78, 5) is 11.9. The van der Waals surface area contributed by atoms with Gasteiger partial charge in [-0.3, -0.25) is 4.57 Å². The largest absolute Gasteiger partial charge is 0.420 e. The van der Waals surface area contributed by atoms with Gasteiger partial charge < -0.3 is 10.2 Å². The number of fused-ring (bicyclic) bond motifs is 1. The summed E-state index contributed by atoms with van der Waals surface area (Å²) in [5.41, 5.74) is 9.90. The zero-order valence-electron chi connectivity index (χ0n) is 10.6. The van der Waals surface area contributed by atoms with Crippen molar-refractivity contribution in [1.29, 1.82) is 0 Å². The van der Waals surface area contributed by atoms with E-state index in [1.807, 2.05) is 31.2 Å². The van der Waals surface area contributed by atoms with Gasteiger partial charge in [-0.2, -0.15) is 0 Å². The number of para-hydroxylation sites is 1. The molecule has 3 aromatic rings. The highest BCUT2D eigenvalue weighted by Crippen LogP contribution is 2.21. The van der Waals surface area contributed by atoms with Gasteiger partial charge in [0.2, 0.25) is 0 Å². The van der Waals surface area contributed by atoms with E-state index in [1.54, 1.807) is 22.8 Å². The van der Waals surface area contributed by atoms with Gasteiger partial charge in [-0.1, -0.05) is 30.3 Å². The second kappa shape index (κ2) is 4.31. The fourth-order valence-electron chi connectivity index (χ4n) is 2.25. The summed E-state index contributed by atoms with van der Waals surface area (Å²) < 4.78 is 6.80. The molecule has 0 bridgehead atoms. The molecule has 0 aliphatic heterocycles. The number of anilines is 1. The van der Waals surface area contributed by atoms with E-state index in [1.165, 1.54) is 0 Å². The highest BCUT2D eigenvalue weighted by Gasteiger charge is 2.12. The Bertz CT molecular complexity index is 799. The molecule has 96 valence electrons. The maximum absolute atomic E-state index is 11.9. The molecule has 1 heterocycles. The van der Waals surface area contributed by atoms with Crippen molar-refractivity contribution in [1.82, 2.24) is 4.57 Å². The van der Waals surface area contributed by atoms with Crippen LogP contribution < -0.4 is 11.5 Å². The Labute approximate surface area is 110 Å². The molecule has 0 saturated heterocycles. The maximum atomic E-state index is 11.9. The first-order valence-electron chi connectivity index (χ1n) is 6.09. The summed E-state index contributed by atoms with van der Waals surface area (Å²) in [6.07, 6.45) is 0. The molecule has 0 unspecified atom stereocenters. The first kappa shape index (κ1) is 11.6. The fourth-order valence-corrected chi connectivity index (χ4v) is 2.25. The first-order valence-corrected chi connectivity index (χ1v) is 6.09. The minimum absolute atomic E-state index is 0.379. The van der Waals surface area contributed by atoms with Crippen LogP contribution in [0.1, 0.15) is 11.1 Å². The lowest BCUT2D eigenvalue weighted by atomic mass is 10.1. The monoisotopic (exact) mass is 254 g/mol. The lowest BCUT2D eigenvalue weighted by molar-refractivity contribution is 0.517. The predicted octanol–water partition coefficient (Wildman–Crippen LogP) is 2.53. The third-order valence-electron chi connectivity index (χ3n) is 3.31. The van der Waals surface area contributed by atoms with Crippen LogP contribution in [0.25, 0.3) is 11.1 Å². The van der Waals surface area contributed by atoms with Crippen LogP contribution >= 0.6 is 0 Å². The Kier molecular flexibility index (Phi) is 2.63. The Morgan fingerprint density at radius 1 is 1.16 bits per heavy atom. The lowest BCUT2D eigenvalue weighted by Crippen LogP contribution is -2.16. The molecule has 0 atom stereocenters. The number of rotatable bonds is 2. The highest BCUT2D eigenvalue weighted by molar-refractivity contribution is 5.85. The molecular weight excluding hydrogens is 240 g/mol. The van der Waals surface area contributed by atoms with Gasteiger partial charge in [0.15, 0.2) is 5.58 Å². The van der Waals surface area contributed by atoms with E-state index >= 15 is 0 Å². The molecular formula is C15H14N2O2. The molecule has 2 N–H and O–H groups in total. The van der Waals surface area contributed by atoms with Crippen molar-refractivity contribution in [2.75, 3.05) is 5.73 Å². The Morgan fingerprint density at radius 2 is 1.95 bits per heavy atom. The smallest absolute Gasteiger partial charge is 0.408 e. The second-order valence-electron chi connectivity index (χ2n) is 4.57. The van der Waals surface area contributed by atoms with E-state index in [2.05, 4.69) is 0 Å². The van der Waals surface area contributed by atoms with Crippen LogP contribution in [0.3, 0.4) is 0 Å². The van der Waals surface area contributed by atoms with Crippen LogP contribution in [0.2, 0.25) is 0 Å². The van der Waals surface area contributed by atoms with Crippen LogP contribution in [0, 0.1) is 6.92 Å². The maximum Gasteiger partial charge on any atom is 0.420 e. The first-order chi connectivity index (χ1) is 9.16. The van der Waals surface area contributed by atoms with Gasteiger partial charge in [0.05, 0.1) is 12.2 Å². The van der Waals surface area contributed by atoms with Crippen molar-refractivity contribution in [3.8, 4) is 0 Å². The van der Waals surface area contributed by atoms with Gasteiger partial charge in [-0.15, -0.1) is 0 Å². The van der Waals surface area contributed by atoms with Gasteiger partial charge in [0.25, 0.3) is 0 Å². The second-order valence-corrected chi connectivity index (χ2v) is 4.57. The van der Waals surface area contributed by atoms with Gasteiger partial charge >= 0.3 is 5.76 Å². The van der Waals surface area contributed by atoms with Crippen molar-refractivity contribution in [2.24, 2.45) is 0 Å². The SMILES string of the molecule is Cc1ccccc1Cn1c(=O)oc2cccc(N)c21. The number of aryl methyl sites for hydroxylation is 1. The molecule has 0 aliphatic carbocycles. The minimum atomic E-state index is -0.379. The van der Waals surface area contributed by atoms with Crippen molar-refractivity contribution in [3.05, 3.63) is 64.1 Å². The topological polar surface area (TPSA) is 61.2 Å². The van der Waals surface area contributed by atoms with Gasteiger partial charge in [0, 0.05) is 0 Å². The standard InChI is InChI=1S/C15H14N2O2/c1-10-5-2-3-6-11(10)9-17-14-12(16)7-4-8-13(14)19-15(17)18/h2-8H,9,16H2,1H3. The number of hydrogen-bond acceptors (Lipinski definition) is 3. The van der Waals surface area contributed by atoms with E-state index in [9.17, 15) is 4.79 Å². The van der Waals surface area contributed by atoms with Gasteiger partial charge in [-0.25, -0.2) is 4.79 Å². The average molecular weight is 254 g/mol. The molecule has 4 heteroatoms. The van der Waals surface area contributed by atoms with Crippen LogP contribution in [-0.2, 0) is 6.54 Å². The summed E-state index contributed by atoms with van der Waals surface area (Å²) in [6, 6.07) is 13.2. The van der Waals surface area contributed by atoms with Crippen molar-refractivity contribution >= 4 is 16.8 Å². The molecule has 0 aliphatic rings. The van der Waals surface area contributed by atoms with E-state index in [0.29, 0.717) is 23.3 Å². The molecule has 2 aromatic carbocycles. The molecule has 0 radical (unpaired) electrons. The number of benzene rings is 2. The van der Waals surface area contributed by atoms with E-state index in [4.69, 9.17) is 10.2 Å². The Balaban J connectivity index is 2.19. The van der Waals surface area contributed by atoms with Crippen molar-refractivity contribution < 1.29 is 4.42 Å². The summed E-state index contributed by atoms with van der Waals surface area (Å²) in [5, 5.41) is 0. The number of nitrogen functional groups attached to an aromatic ring is 1. The van der Waals surface area contributed by atoms with Crippen molar-refractivity contribution in [3.63, 3.8) is 0 Å². The van der Waals surface area contributed by atoms with Crippen LogP contribution in [0.4, 0.5) is 5.69 Å². The molecule has 19 heavy (non-hydrogen) atoms. The highest BCUT2D eigenvalue weighted by atomic mass is 16.4. The number of hydrogen-bond donors (Lipinski definition) is 1. The number of nitrogens with two attached hydrogens (primary N) is 1. The lowest BCUT2D eigenvalue weighted by Gasteiger charge is -2.07. The Morgan fingerprint density at radius 3 is 2.74 bits per heavy atom. The minimum Gasteiger partial charge on any atom is -0.408 e.